The van der Waals surface area contributed by atoms with Crippen LogP contribution in [0.4, 0.5) is 4.79 Å². The lowest BCUT2D eigenvalue weighted by molar-refractivity contribution is -0.0598. The maximum atomic E-state index is 12.6. The number of aliphatic hydroxyl groups excluding tert-OH is 2. The van der Waals surface area contributed by atoms with E-state index in [9.17, 15) is 15.0 Å². The Bertz CT molecular complexity index is 569. The van der Waals surface area contributed by atoms with Crippen LogP contribution < -0.4 is 5.32 Å². The molecule has 2 amide bonds. The lowest BCUT2D eigenvalue weighted by Gasteiger charge is -2.38. The van der Waals surface area contributed by atoms with Gasteiger partial charge < -0.3 is 20.4 Å². The van der Waals surface area contributed by atoms with Crippen LogP contribution in [0.3, 0.4) is 0 Å². The highest BCUT2D eigenvalue weighted by atomic mass is 16.3. The third kappa shape index (κ3) is 1.88. The number of hydrogen-bond acceptors (Lipinski definition) is 3. The SMILES string of the molecule is O=C1N[C@H](Cc2ccccc2)[C@@H](O)[C@H](O)C23CCC(CC2)N13. The number of amides is 2. The minimum atomic E-state index is -0.939. The molecule has 22 heavy (non-hydrogen) atoms. The molecule has 118 valence electrons. The molecule has 3 heterocycles. The summed E-state index contributed by atoms with van der Waals surface area (Å²) in [6, 6.07) is 9.41. The Balaban J connectivity index is 1.63. The quantitative estimate of drug-likeness (QED) is 0.764. The van der Waals surface area contributed by atoms with Gasteiger partial charge in [-0.05, 0) is 37.7 Å². The third-order valence-electron chi connectivity index (χ3n) is 5.78. The minimum absolute atomic E-state index is 0.128. The lowest BCUT2D eigenvalue weighted by Crippen LogP contribution is -2.55. The van der Waals surface area contributed by atoms with E-state index in [0.717, 1.165) is 31.2 Å². The van der Waals surface area contributed by atoms with E-state index in [1.54, 1.807) is 0 Å². The number of nitrogens with one attached hydrogen (secondary N) is 1. The van der Waals surface area contributed by atoms with Gasteiger partial charge in [0.25, 0.3) is 0 Å². The van der Waals surface area contributed by atoms with Gasteiger partial charge in [-0.1, -0.05) is 30.3 Å². The van der Waals surface area contributed by atoms with Crippen molar-refractivity contribution >= 4 is 6.03 Å². The first-order valence-corrected chi connectivity index (χ1v) is 8.12. The molecule has 3 atom stereocenters. The van der Waals surface area contributed by atoms with Gasteiger partial charge in [0.05, 0.1) is 11.6 Å². The largest absolute Gasteiger partial charge is 0.388 e. The maximum Gasteiger partial charge on any atom is 0.318 e. The average Bonchev–Trinajstić information content (AvgIpc) is 3.08. The summed E-state index contributed by atoms with van der Waals surface area (Å²) in [5, 5.41) is 24.4. The topological polar surface area (TPSA) is 72.8 Å². The van der Waals surface area contributed by atoms with Gasteiger partial charge in [-0.3, -0.25) is 0 Å². The number of urea groups is 1. The smallest absolute Gasteiger partial charge is 0.318 e. The summed E-state index contributed by atoms with van der Waals surface area (Å²) in [7, 11) is 0. The van der Waals surface area contributed by atoms with Crippen LogP contribution in [0, 0.1) is 0 Å². The number of hydrogen-bond donors (Lipinski definition) is 3. The van der Waals surface area contributed by atoms with Crippen molar-refractivity contribution in [2.45, 2.75) is 61.9 Å². The molecule has 3 aliphatic heterocycles. The van der Waals surface area contributed by atoms with Crippen molar-refractivity contribution in [3.05, 3.63) is 35.9 Å². The van der Waals surface area contributed by atoms with Crippen molar-refractivity contribution in [3.63, 3.8) is 0 Å². The number of carbonyl (C=O) groups is 1. The molecule has 1 aromatic carbocycles. The summed E-state index contributed by atoms with van der Waals surface area (Å²) < 4.78 is 0. The molecule has 3 saturated heterocycles. The molecule has 0 aliphatic carbocycles. The zero-order valence-corrected chi connectivity index (χ0v) is 12.5. The van der Waals surface area contributed by atoms with Crippen LogP contribution in [-0.2, 0) is 6.42 Å². The second-order valence-electron chi connectivity index (χ2n) is 6.89. The highest BCUT2D eigenvalue weighted by Gasteiger charge is 2.61. The van der Waals surface area contributed by atoms with Gasteiger partial charge in [0.1, 0.15) is 12.2 Å². The third-order valence-corrected chi connectivity index (χ3v) is 5.78. The fourth-order valence-electron chi connectivity index (χ4n) is 4.66. The molecule has 0 radical (unpaired) electrons. The van der Waals surface area contributed by atoms with Crippen LogP contribution in [0.1, 0.15) is 31.2 Å². The Hall–Kier alpha value is -1.59. The highest BCUT2D eigenvalue weighted by Crippen LogP contribution is 2.50. The van der Waals surface area contributed by atoms with Crippen molar-refractivity contribution < 1.29 is 15.0 Å². The van der Waals surface area contributed by atoms with E-state index in [1.807, 2.05) is 35.2 Å². The summed E-state index contributed by atoms with van der Waals surface area (Å²) >= 11 is 0. The van der Waals surface area contributed by atoms with Crippen molar-refractivity contribution in [3.8, 4) is 0 Å². The summed E-state index contributed by atoms with van der Waals surface area (Å²) in [5.41, 5.74) is 0.489. The van der Waals surface area contributed by atoms with Crippen molar-refractivity contribution in [2.24, 2.45) is 0 Å². The molecule has 1 aromatic rings. The van der Waals surface area contributed by atoms with Gasteiger partial charge in [0.2, 0.25) is 0 Å². The van der Waals surface area contributed by atoms with Gasteiger partial charge in [0, 0.05) is 6.04 Å². The molecular weight excluding hydrogens is 280 g/mol. The zero-order valence-electron chi connectivity index (χ0n) is 12.5. The Morgan fingerprint density at radius 1 is 1.18 bits per heavy atom. The van der Waals surface area contributed by atoms with Crippen LogP contribution in [0.25, 0.3) is 0 Å². The second kappa shape index (κ2) is 4.96. The Labute approximate surface area is 129 Å². The van der Waals surface area contributed by atoms with Gasteiger partial charge in [-0.15, -0.1) is 0 Å². The minimum Gasteiger partial charge on any atom is -0.388 e. The van der Waals surface area contributed by atoms with Crippen LogP contribution in [0.2, 0.25) is 0 Å². The molecule has 5 heteroatoms. The molecule has 3 aliphatic rings. The average molecular weight is 302 g/mol. The highest BCUT2D eigenvalue weighted by molar-refractivity contribution is 5.77. The Morgan fingerprint density at radius 2 is 1.86 bits per heavy atom. The molecule has 0 aromatic heterocycles. The normalized spacial score (nSPS) is 40.3. The van der Waals surface area contributed by atoms with Crippen LogP contribution in [0.5, 0.6) is 0 Å². The molecule has 4 rings (SSSR count). The van der Waals surface area contributed by atoms with E-state index < -0.39 is 23.8 Å². The Morgan fingerprint density at radius 3 is 2.55 bits per heavy atom. The van der Waals surface area contributed by atoms with Crippen LogP contribution in [-0.4, -0.2) is 51.0 Å². The molecule has 5 nitrogen and oxygen atoms in total. The summed E-state index contributed by atoms with van der Waals surface area (Å²) in [4.78, 5) is 14.5. The fraction of sp³-hybridized carbons (Fsp3) is 0.588. The predicted octanol–water partition coefficient (Wildman–Crippen LogP) is 1.04. The van der Waals surface area contributed by atoms with Gasteiger partial charge >= 0.3 is 6.03 Å². The molecular formula is C17H22N2O3. The summed E-state index contributed by atoms with van der Waals surface area (Å²) in [6.45, 7) is 0. The van der Waals surface area contributed by atoms with Crippen molar-refractivity contribution in [1.82, 2.24) is 10.2 Å². The maximum absolute atomic E-state index is 12.6. The molecule has 3 fully saturated rings. The van der Waals surface area contributed by atoms with Crippen molar-refractivity contribution in [1.29, 1.82) is 0 Å². The summed E-state index contributed by atoms with van der Waals surface area (Å²) in [5.74, 6) is 0. The van der Waals surface area contributed by atoms with Crippen LogP contribution in [0.15, 0.2) is 30.3 Å². The molecule has 3 N–H and O–H groups in total. The molecule has 0 unspecified atom stereocenters. The molecule has 0 spiro atoms. The first-order valence-electron chi connectivity index (χ1n) is 8.12. The fourth-order valence-corrected chi connectivity index (χ4v) is 4.66. The Kier molecular flexibility index (Phi) is 3.16. The number of rotatable bonds is 2. The number of nitrogens with zero attached hydrogens (tertiary/aromatic N) is 1. The predicted molar refractivity (Wildman–Crippen MR) is 81.3 cm³/mol. The summed E-state index contributed by atoms with van der Waals surface area (Å²) in [6.07, 6.45) is 2.15. The van der Waals surface area contributed by atoms with Gasteiger partial charge in [0.15, 0.2) is 0 Å². The van der Waals surface area contributed by atoms with Crippen molar-refractivity contribution in [2.75, 3.05) is 0 Å². The standard InChI is InChI=1S/C17H22N2O3/c20-14-13(10-11-4-2-1-3-5-11)18-16(22)19-12-6-8-17(19,9-7-12)15(14)21/h1-5,12-15,20-21H,6-10H2,(H,18,22)/t12?,13-,14-,15+,17?/m1/s1. The lowest BCUT2D eigenvalue weighted by atomic mass is 9.79. The van der Waals surface area contributed by atoms with E-state index in [2.05, 4.69) is 5.32 Å². The van der Waals surface area contributed by atoms with E-state index in [-0.39, 0.29) is 12.1 Å². The number of carbonyl (C=O) groups excluding carboxylic acids is 1. The molecule has 2 bridgehead atoms. The van der Waals surface area contributed by atoms with E-state index in [0.29, 0.717) is 6.42 Å². The number of benzene rings is 1. The molecule has 0 saturated carbocycles. The van der Waals surface area contributed by atoms with E-state index in [1.165, 1.54) is 0 Å². The van der Waals surface area contributed by atoms with E-state index in [4.69, 9.17) is 0 Å². The number of aliphatic hydroxyl groups is 2. The first kappa shape index (κ1) is 14.0. The van der Waals surface area contributed by atoms with Gasteiger partial charge in [-0.2, -0.15) is 0 Å². The first-order chi connectivity index (χ1) is 10.6. The van der Waals surface area contributed by atoms with E-state index >= 15 is 0 Å². The van der Waals surface area contributed by atoms with Crippen LogP contribution >= 0.6 is 0 Å². The monoisotopic (exact) mass is 302 g/mol. The van der Waals surface area contributed by atoms with Gasteiger partial charge in [-0.25, -0.2) is 4.79 Å². The zero-order chi connectivity index (χ0) is 15.3. The second-order valence-corrected chi connectivity index (χ2v) is 6.89.